The van der Waals surface area contributed by atoms with Gasteiger partial charge in [-0.25, -0.2) is 0 Å². The van der Waals surface area contributed by atoms with Gasteiger partial charge in [-0.1, -0.05) is 6.07 Å². The zero-order chi connectivity index (χ0) is 14.0. The Balaban J connectivity index is 0.00000200. The minimum atomic E-state index is -4.27. The van der Waals surface area contributed by atoms with Crippen LogP contribution in [0, 0.1) is 0 Å². The molecule has 1 aromatic carbocycles. The summed E-state index contributed by atoms with van der Waals surface area (Å²) in [5.41, 5.74) is 0.268. The molecule has 0 spiro atoms. The maximum absolute atomic E-state index is 13.3. The van der Waals surface area contributed by atoms with E-state index in [2.05, 4.69) is 37.2 Å². The number of nitrogens with zero attached hydrogens (tertiary/aromatic N) is 1. The van der Waals surface area contributed by atoms with Gasteiger partial charge in [0.15, 0.2) is 0 Å². The first-order chi connectivity index (χ1) is 8.89. The van der Waals surface area contributed by atoms with Crippen LogP contribution in [-0.2, 0) is 0 Å². The van der Waals surface area contributed by atoms with Gasteiger partial charge in [0.05, 0.1) is 0 Å². The van der Waals surface area contributed by atoms with Crippen molar-refractivity contribution in [2.24, 2.45) is 0 Å². The van der Waals surface area contributed by atoms with E-state index in [0.29, 0.717) is 30.7 Å². The van der Waals surface area contributed by atoms with Crippen molar-refractivity contribution in [1.29, 1.82) is 0 Å². The molecule has 1 aliphatic heterocycles. The topological polar surface area (TPSA) is 15.3 Å². The lowest BCUT2D eigenvalue weighted by molar-refractivity contribution is -0.187. The van der Waals surface area contributed by atoms with Gasteiger partial charge in [-0.05, 0) is 49.6 Å². The first-order valence-electron chi connectivity index (χ1n) is 5.86. The molecule has 0 bridgehead atoms. The lowest BCUT2D eigenvalue weighted by atomic mass is 10.0. The van der Waals surface area contributed by atoms with E-state index in [1.807, 2.05) is 0 Å². The van der Waals surface area contributed by atoms with Crippen molar-refractivity contribution in [3.8, 4) is 0 Å². The van der Waals surface area contributed by atoms with Gasteiger partial charge < -0.3 is 5.32 Å². The average Bonchev–Trinajstić information content (AvgIpc) is 2.34. The monoisotopic (exact) mass is 436 g/mol. The van der Waals surface area contributed by atoms with Gasteiger partial charge >= 0.3 is 6.18 Å². The largest absolute Gasteiger partial charge is 0.408 e. The molecule has 1 N–H and O–H groups in total. The fourth-order valence-electron chi connectivity index (χ4n) is 2.23. The summed E-state index contributed by atoms with van der Waals surface area (Å²) in [7, 11) is 0. The zero-order valence-electron chi connectivity index (χ0n) is 10.4. The highest BCUT2D eigenvalue weighted by Gasteiger charge is 2.44. The van der Waals surface area contributed by atoms with E-state index >= 15 is 0 Å². The molecule has 2 nitrogen and oxygen atoms in total. The average molecular weight is 439 g/mol. The van der Waals surface area contributed by atoms with Crippen LogP contribution in [0.5, 0.6) is 0 Å². The van der Waals surface area contributed by atoms with Crippen molar-refractivity contribution >= 4 is 44.3 Å². The molecule has 0 aromatic heterocycles. The number of benzene rings is 1. The van der Waals surface area contributed by atoms with Crippen LogP contribution >= 0.6 is 44.3 Å². The van der Waals surface area contributed by atoms with Crippen molar-refractivity contribution in [2.45, 2.75) is 12.2 Å². The van der Waals surface area contributed by atoms with Crippen molar-refractivity contribution in [3.05, 3.63) is 32.7 Å². The number of hydrogen-bond acceptors (Lipinski definition) is 2. The summed E-state index contributed by atoms with van der Waals surface area (Å²) >= 11 is 6.53. The SMILES string of the molecule is Cl.FC(F)(F)[C@H](c1ccc(Br)c(Br)c1)N1CCNCC1. The maximum Gasteiger partial charge on any atom is 0.408 e. The summed E-state index contributed by atoms with van der Waals surface area (Å²) < 4.78 is 41.4. The van der Waals surface area contributed by atoms with E-state index in [1.54, 1.807) is 6.07 Å². The quantitative estimate of drug-likeness (QED) is 0.747. The molecule has 1 atom stereocenters. The molecule has 0 radical (unpaired) electrons. The smallest absolute Gasteiger partial charge is 0.314 e. The van der Waals surface area contributed by atoms with Gasteiger partial charge in [0.1, 0.15) is 6.04 Å². The Bertz CT molecular complexity index is 451. The highest BCUT2D eigenvalue weighted by Crippen LogP contribution is 2.39. The fourth-order valence-corrected chi connectivity index (χ4v) is 2.87. The number of alkyl halides is 3. The van der Waals surface area contributed by atoms with Crippen LogP contribution in [0.25, 0.3) is 0 Å². The molecule has 1 heterocycles. The normalized spacial score (nSPS) is 18.4. The molecule has 0 unspecified atom stereocenters. The van der Waals surface area contributed by atoms with E-state index in [-0.39, 0.29) is 18.0 Å². The van der Waals surface area contributed by atoms with Crippen LogP contribution in [0.1, 0.15) is 11.6 Å². The van der Waals surface area contributed by atoms with Crippen molar-refractivity contribution < 1.29 is 13.2 Å². The summed E-state index contributed by atoms with van der Waals surface area (Å²) in [6, 6.07) is 3.15. The van der Waals surface area contributed by atoms with E-state index in [9.17, 15) is 13.2 Å². The van der Waals surface area contributed by atoms with Crippen molar-refractivity contribution in [1.82, 2.24) is 10.2 Å². The van der Waals surface area contributed by atoms with E-state index in [1.165, 1.54) is 17.0 Å². The molecular weight excluding hydrogens is 424 g/mol. The summed E-state index contributed by atoms with van der Waals surface area (Å²) in [6.45, 7) is 1.98. The van der Waals surface area contributed by atoms with Crippen LogP contribution in [0.4, 0.5) is 13.2 Å². The van der Waals surface area contributed by atoms with Crippen LogP contribution < -0.4 is 5.32 Å². The first kappa shape index (κ1) is 18.2. The lowest BCUT2D eigenvalue weighted by Crippen LogP contribution is -2.49. The Morgan fingerprint density at radius 3 is 2.20 bits per heavy atom. The molecule has 1 aliphatic rings. The van der Waals surface area contributed by atoms with Gasteiger partial charge in [0.25, 0.3) is 0 Å². The molecule has 0 aliphatic carbocycles. The van der Waals surface area contributed by atoms with Gasteiger partial charge in [-0.2, -0.15) is 13.2 Å². The number of hydrogen-bond donors (Lipinski definition) is 1. The summed E-state index contributed by atoms with van der Waals surface area (Å²) in [4.78, 5) is 1.48. The minimum Gasteiger partial charge on any atom is -0.314 e. The number of rotatable bonds is 2. The lowest BCUT2D eigenvalue weighted by Gasteiger charge is -2.36. The number of piperazine rings is 1. The molecule has 8 heteroatoms. The summed E-state index contributed by atoms with van der Waals surface area (Å²) in [5, 5.41) is 3.07. The molecule has 0 saturated carbocycles. The van der Waals surface area contributed by atoms with Gasteiger partial charge in [0.2, 0.25) is 0 Å². The predicted octanol–water partition coefficient (Wildman–Crippen LogP) is 4.14. The van der Waals surface area contributed by atoms with Crippen molar-refractivity contribution in [3.63, 3.8) is 0 Å². The van der Waals surface area contributed by atoms with E-state index < -0.39 is 12.2 Å². The molecule has 114 valence electrons. The Labute approximate surface area is 138 Å². The second kappa shape index (κ2) is 7.45. The third-order valence-electron chi connectivity index (χ3n) is 3.09. The molecule has 1 saturated heterocycles. The molecule has 1 aromatic rings. The van der Waals surface area contributed by atoms with Gasteiger partial charge in [-0.15, -0.1) is 12.4 Å². The predicted molar refractivity (Wildman–Crippen MR) is 82.3 cm³/mol. The number of nitrogens with one attached hydrogen (secondary N) is 1. The van der Waals surface area contributed by atoms with Crippen LogP contribution in [0.3, 0.4) is 0 Å². The highest BCUT2D eigenvalue weighted by molar-refractivity contribution is 9.13. The fraction of sp³-hybridized carbons (Fsp3) is 0.500. The van der Waals surface area contributed by atoms with Gasteiger partial charge in [-0.3, -0.25) is 4.90 Å². The Morgan fingerprint density at radius 2 is 1.70 bits per heavy atom. The second-order valence-corrected chi connectivity index (χ2v) is 6.11. The second-order valence-electron chi connectivity index (χ2n) is 4.40. The Hall–Kier alpha value is 0.180. The minimum absolute atomic E-state index is 0. The highest BCUT2D eigenvalue weighted by atomic mass is 79.9. The maximum atomic E-state index is 13.3. The molecule has 0 amide bonds. The molecule has 2 rings (SSSR count). The number of halogens is 6. The van der Waals surface area contributed by atoms with E-state index in [0.717, 1.165) is 4.47 Å². The van der Waals surface area contributed by atoms with Crippen molar-refractivity contribution in [2.75, 3.05) is 26.2 Å². The summed E-state index contributed by atoms with van der Waals surface area (Å²) in [5.74, 6) is 0. The Morgan fingerprint density at radius 1 is 1.10 bits per heavy atom. The third kappa shape index (κ3) is 4.34. The van der Waals surface area contributed by atoms with Crippen LogP contribution in [0.15, 0.2) is 27.1 Å². The standard InChI is InChI=1S/C12H13Br2F3N2.ClH/c13-9-2-1-8(7-10(9)14)11(12(15,16)17)19-5-3-18-4-6-19;/h1-2,7,11,18H,3-6H2;1H/t11-;/m0./s1. The molecular formula is C12H14Br2ClF3N2. The van der Waals surface area contributed by atoms with E-state index in [4.69, 9.17) is 0 Å². The van der Waals surface area contributed by atoms with Gasteiger partial charge in [0, 0.05) is 35.1 Å². The van der Waals surface area contributed by atoms with Crippen LogP contribution in [0.2, 0.25) is 0 Å². The third-order valence-corrected chi connectivity index (χ3v) is 4.97. The molecule has 20 heavy (non-hydrogen) atoms. The summed E-state index contributed by atoms with van der Waals surface area (Å²) in [6.07, 6.45) is -4.27. The zero-order valence-corrected chi connectivity index (χ0v) is 14.4. The first-order valence-corrected chi connectivity index (χ1v) is 7.44. The Kier molecular flexibility index (Phi) is 6.79. The van der Waals surface area contributed by atoms with Crippen LogP contribution in [-0.4, -0.2) is 37.3 Å². The molecule has 1 fully saturated rings.